The summed E-state index contributed by atoms with van der Waals surface area (Å²) in [5.41, 5.74) is 2.36. The van der Waals surface area contributed by atoms with Gasteiger partial charge in [-0.15, -0.1) is 0 Å². The molecule has 0 bridgehead atoms. The quantitative estimate of drug-likeness (QED) is 0.845. The first kappa shape index (κ1) is 12.6. The Morgan fingerprint density at radius 3 is 3.11 bits per heavy atom. The van der Waals surface area contributed by atoms with Gasteiger partial charge >= 0.3 is 0 Å². The van der Waals surface area contributed by atoms with Gasteiger partial charge in [0.05, 0.1) is 6.10 Å². The molecule has 3 rings (SSSR count). The van der Waals surface area contributed by atoms with Crippen molar-refractivity contribution in [2.45, 2.75) is 25.5 Å². The number of pyridine rings is 1. The van der Waals surface area contributed by atoms with Gasteiger partial charge in [-0.1, -0.05) is 0 Å². The first-order chi connectivity index (χ1) is 9.25. The van der Waals surface area contributed by atoms with E-state index >= 15 is 0 Å². The minimum absolute atomic E-state index is 0.247. The molecule has 0 spiro atoms. The summed E-state index contributed by atoms with van der Waals surface area (Å²) in [6.07, 6.45) is 4.40. The lowest BCUT2D eigenvalue weighted by Gasteiger charge is -2.17. The molecule has 4 nitrogen and oxygen atoms in total. The van der Waals surface area contributed by atoms with E-state index in [0.717, 1.165) is 38.2 Å². The van der Waals surface area contributed by atoms with E-state index in [1.54, 1.807) is 0 Å². The molecule has 0 N–H and O–H groups in total. The number of hydrogen-bond acceptors (Lipinski definition) is 3. The van der Waals surface area contributed by atoms with Crippen molar-refractivity contribution in [1.82, 2.24) is 14.5 Å². The number of aromatic nitrogens is 2. The lowest BCUT2D eigenvalue weighted by Crippen LogP contribution is -2.20. The molecule has 2 aromatic rings. The van der Waals surface area contributed by atoms with Gasteiger partial charge in [-0.05, 0) is 45.1 Å². The normalized spacial score (nSPS) is 19.6. The standard InChI is InChI=1S/C15H21N3O/c1-17(2)8-9-18-13(14-6-4-10-19-14)11-12-5-3-7-16-15(12)18/h3,5,7,11,14H,4,6,8-10H2,1-2H3/t14-/m1/s1. The predicted octanol–water partition coefficient (Wildman–Crippen LogP) is 2.45. The van der Waals surface area contributed by atoms with Crippen LogP contribution in [0.4, 0.5) is 0 Å². The molecule has 1 aliphatic heterocycles. The summed E-state index contributed by atoms with van der Waals surface area (Å²) in [7, 11) is 4.20. The predicted molar refractivity (Wildman–Crippen MR) is 76.2 cm³/mol. The molecule has 1 aliphatic rings. The Morgan fingerprint density at radius 2 is 2.37 bits per heavy atom. The zero-order chi connectivity index (χ0) is 13.2. The van der Waals surface area contributed by atoms with E-state index in [9.17, 15) is 0 Å². The third-order valence-electron chi connectivity index (χ3n) is 3.72. The fourth-order valence-corrected chi connectivity index (χ4v) is 2.72. The number of nitrogens with zero attached hydrogens (tertiary/aromatic N) is 3. The summed E-state index contributed by atoms with van der Waals surface area (Å²) >= 11 is 0. The number of ether oxygens (including phenoxy) is 1. The van der Waals surface area contributed by atoms with Crippen molar-refractivity contribution in [3.05, 3.63) is 30.1 Å². The van der Waals surface area contributed by atoms with Crippen molar-refractivity contribution in [2.75, 3.05) is 27.2 Å². The molecule has 0 unspecified atom stereocenters. The Hall–Kier alpha value is -1.39. The average Bonchev–Trinajstić information content (AvgIpc) is 3.03. The van der Waals surface area contributed by atoms with Gasteiger partial charge in [-0.2, -0.15) is 0 Å². The van der Waals surface area contributed by atoms with Crippen LogP contribution < -0.4 is 0 Å². The van der Waals surface area contributed by atoms with Crippen LogP contribution in [0.1, 0.15) is 24.6 Å². The minimum atomic E-state index is 0.247. The monoisotopic (exact) mass is 259 g/mol. The highest BCUT2D eigenvalue weighted by Gasteiger charge is 2.23. The van der Waals surface area contributed by atoms with E-state index in [-0.39, 0.29) is 6.10 Å². The van der Waals surface area contributed by atoms with E-state index in [1.807, 2.05) is 12.3 Å². The summed E-state index contributed by atoms with van der Waals surface area (Å²) in [4.78, 5) is 6.74. The fourth-order valence-electron chi connectivity index (χ4n) is 2.72. The fraction of sp³-hybridized carbons (Fsp3) is 0.533. The molecule has 0 amide bonds. The van der Waals surface area contributed by atoms with Gasteiger partial charge in [0.25, 0.3) is 0 Å². The first-order valence-corrected chi connectivity index (χ1v) is 6.96. The second kappa shape index (κ2) is 5.31. The topological polar surface area (TPSA) is 30.3 Å². The third kappa shape index (κ3) is 2.51. The molecule has 4 heteroatoms. The van der Waals surface area contributed by atoms with E-state index in [2.05, 4.69) is 40.7 Å². The van der Waals surface area contributed by atoms with Crippen molar-refractivity contribution < 1.29 is 4.74 Å². The van der Waals surface area contributed by atoms with Crippen LogP contribution >= 0.6 is 0 Å². The number of likely N-dealkylation sites (N-methyl/N-ethyl adjacent to an activating group) is 1. The van der Waals surface area contributed by atoms with Gasteiger partial charge in [-0.25, -0.2) is 4.98 Å². The second-order valence-electron chi connectivity index (χ2n) is 5.44. The van der Waals surface area contributed by atoms with Gasteiger partial charge in [0, 0.05) is 37.0 Å². The van der Waals surface area contributed by atoms with Crippen molar-refractivity contribution in [3.8, 4) is 0 Å². The maximum Gasteiger partial charge on any atom is 0.140 e. The van der Waals surface area contributed by atoms with Gasteiger partial charge in [0.2, 0.25) is 0 Å². The van der Waals surface area contributed by atoms with Gasteiger partial charge in [0.1, 0.15) is 5.65 Å². The Bertz CT molecular complexity index is 556. The molecule has 0 saturated carbocycles. The molecular formula is C15H21N3O. The van der Waals surface area contributed by atoms with Crippen molar-refractivity contribution in [1.29, 1.82) is 0 Å². The summed E-state index contributed by atoms with van der Waals surface area (Å²) < 4.78 is 8.18. The minimum Gasteiger partial charge on any atom is -0.372 e. The molecule has 2 aromatic heterocycles. The molecular weight excluding hydrogens is 238 g/mol. The lowest BCUT2D eigenvalue weighted by atomic mass is 10.2. The van der Waals surface area contributed by atoms with E-state index in [4.69, 9.17) is 4.74 Å². The van der Waals surface area contributed by atoms with Crippen LogP contribution in [0.5, 0.6) is 0 Å². The average molecular weight is 259 g/mol. The highest BCUT2D eigenvalue weighted by atomic mass is 16.5. The van der Waals surface area contributed by atoms with Crippen molar-refractivity contribution in [3.63, 3.8) is 0 Å². The first-order valence-electron chi connectivity index (χ1n) is 6.96. The van der Waals surface area contributed by atoms with Crippen LogP contribution in [-0.2, 0) is 11.3 Å². The zero-order valence-electron chi connectivity index (χ0n) is 11.7. The van der Waals surface area contributed by atoms with Crippen LogP contribution in [0.15, 0.2) is 24.4 Å². The molecule has 0 aliphatic carbocycles. The van der Waals surface area contributed by atoms with Crippen LogP contribution in [0, 0.1) is 0 Å². The lowest BCUT2D eigenvalue weighted by molar-refractivity contribution is 0.105. The Labute approximate surface area is 114 Å². The number of rotatable bonds is 4. The number of fused-ring (bicyclic) bond motifs is 1. The molecule has 0 aromatic carbocycles. The highest BCUT2D eigenvalue weighted by Crippen LogP contribution is 2.32. The molecule has 1 atom stereocenters. The highest BCUT2D eigenvalue weighted by molar-refractivity contribution is 5.77. The summed E-state index contributed by atoms with van der Waals surface area (Å²) in [6, 6.07) is 6.37. The molecule has 1 fully saturated rings. The molecule has 102 valence electrons. The largest absolute Gasteiger partial charge is 0.372 e. The van der Waals surface area contributed by atoms with Gasteiger partial charge < -0.3 is 14.2 Å². The molecule has 1 saturated heterocycles. The second-order valence-corrected chi connectivity index (χ2v) is 5.44. The van der Waals surface area contributed by atoms with Crippen LogP contribution in [0.25, 0.3) is 11.0 Å². The van der Waals surface area contributed by atoms with Crippen LogP contribution in [0.3, 0.4) is 0 Å². The molecule has 3 heterocycles. The van der Waals surface area contributed by atoms with Crippen LogP contribution in [-0.4, -0.2) is 41.7 Å². The van der Waals surface area contributed by atoms with E-state index < -0.39 is 0 Å². The van der Waals surface area contributed by atoms with E-state index in [0.29, 0.717) is 0 Å². The summed E-state index contributed by atoms with van der Waals surface area (Å²) in [5.74, 6) is 0. The maximum absolute atomic E-state index is 5.85. The van der Waals surface area contributed by atoms with E-state index in [1.165, 1.54) is 11.1 Å². The SMILES string of the molecule is CN(C)CCn1c([C@H]2CCCO2)cc2cccnc21. The maximum atomic E-state index is 5.85. The number of hydrogen-bond donors (Lipinski definition) is 0. The zero-order valence-corrected chi connectivity index (χ0v) is 11.7. The van der Waals surface area contributed by atoms with Gasteiger partial charge in [0.15, 0.2) is 0 Å². The molecule has 19 heavy (non-hydrogen) atoms. The Morgan fingerprint density at radius 1 is 1.47 bits per heavy atom. The van der Waals surface area contributed by atoms with Gasteiger partial charge in [-0.3, -0.25) is 0 Å². The van der Waals surface area contributed by atoms with Crippen molar-refractivity contribution >= 4 is 11.0 Å². The summed E-state index contributed by atoms with van der Waals surface area (Å²) in [5, 5.41) is 1.21. The third-order valence-corrected chi connectivity index (χ3v) is 3.72. The molecule has 0 radical (unpaired) electrons. The van der Waals surface area contributed by atoms with Crippen molar-refractivity contribution in [2.24, 2.45) is 0 Å². The van der Waals surface area contributed by atoms with Crippen LogP contribution in [0.2, 0.25) is 0 Å². The smallest absolute Gasteiger partial charge is 0.140 e. The Kier molecular flexibility index (Phi) is 3.53. The summed E-state index contributed by atoms with van der Waals surface area (Å²) in [6.45, 7) is 2.86. The Balaban J connectivity index is 2.00.